The Morgan fingerprint density at radius 2 is 1.87 bits per heavy atom. The summed E-state index contributed by atoms with van der Waals surface area (Å²) in [7, 11) is 1.67. The zero-order chi connectivity index (χ0) is 21.1. The molecule has 0 spiro atoms. The van der Waals surface area contributed by atoms with Gasteiger partial charge in [-0.3, -0.25) is 9.69 Å². The first-order valence-corrected chi connectivity index (χ1v) is 10.6. The molecule has 0 bridgehead atoms. The largest absolute Gasteiger partial charge is 0.496 e. The van der Waals surface area contributed by atoms with Gasteiger partial charge < -0.3 is 14.0 Å². The van der Waals surface area contributed by atoms with E-state index in [9.17, 15) is 4.79 Å². The minimum Gasteiger partial charge on any atom is -0.496 e. The van der Waals surface area contributed by atoms with Gasteiger partial charge >= 0.3 is 0 Å². The van der Waals surface area contributed by atoms with Crippen molar-refractivity contribution in [3.63, 3.8) is 0 Å². The van der Waals surface area contributed by atoms with E-state index < -0.39 is 0 Å². The quantitative estimate of drug-likeness (QED) is 0.631. The molecule has 1 saturated heterocycles. The maximum absolute atomic E-state index is 12.7. The van der Waals surface area contributed by atoms with Crippen LogP contribution in [0.4, 0.5) is 0 Å². The smallest absolute Gasteiger partial charge is 0.222 e. The van der Waals surface area contributed by atoms with Crippen molar-refractivity contribution in [1.29, 1.82) is 0 Å². The van der Waals surface area contributed by atoms with Crippen molar-refractivity contribution in [3.05, 3.63) is 65.1 Å². The number of nitrogens with zero attached hydrogens (tertiary/aromatic N) is 4. The maximum Gasteiger partial charge on any atom is 0.222 e. The summed E-state index contributed by atoms with van der Waals surface area (Å²) in [6.45, 7) is 8.36. The number of aryl methyl sites for hydroxylation is 3. The summed E-state index contributed by atoms with van der Waals surface area (Å²) in [6, 6.07) is 12.2. The van der Waals surface area contributed by atoms with Crippen molar-refractivity contribution in [3.8, 4) is 5.75 Å². The SMILES string of the molecule is COc1ccccc1CCC(=O)N1CCN(Cc2c(C)nc3cc(C)ccn23)CC1. The first-order valence-electron chi connectivity index (χ1n) is 10.6. The first-order chi connectivity index (χ1) is 14.5. The normalized spacial score (nSPS) is 15.0. The Morgan fingerprint density at radius 1 is 1.10 bits per heavy atom. The number of aromatic nitrogens is 2. The second-order valence-electron chi connectivity index (χ2n) is 8.04. The summed E-state index contributed by atoms with van der Waals surface area (Å²) in [5, 5.41) is 0. The van der Waals surface area contributed by atoms with Gasteiger partial charge in [0.25, 0.3) is 0 Å². The van der Waals surface area contributed by atoms with Crippen LogP contribution >= 0.6 is 0 Å². The number of benzene rings is 1. The van der Waals surface area contributed by atoms with Gasteiger partial charge in [-0.1, -0.05) is 18.2 Å². The molecule has 0 radical (unpaired) electrons. The van der Waals surface area contributed by atoms with Gasteiger partial charge in [-0.2, -0.15) is 0 Å². The van der Waals surface area contributed by atoms with Gasteiger partial charge in [-0.05, 0) is 49.6 Å². The molecule has 30 heavy (non-hydrogen) atoms. The number of hydrogen-bond donors (Lipinski definition) is 0. The fourth-order valence-electron chi connectivity index (χ4n) is 4.18. The van der Waals surface area contributed by atoms with Crippen LogP contribution in [-0.4, -0.2) is 58.4 Å². The van der Waals surface area contributed by atoms with E-state index in [4.69, 9.17) is 9.72 Å². The molecule has 0 saturated carbocycles. The monoisotopic (exact) mass is 406 g/mol. The highest BCUT2D eigenvalue weighted by Crippen LogP contribution is 2.20. The third kappa shape index (κ3) is 4.33. The van der Waals surface area contributed by atoms with Gasteiger partial charge in [0.2, 0.25) is 5.91 Å². The number of piperazine rings is 1. The number of imidazole rings is 1. The second-order valence-corrected chi connectivity index (χ2v) is 8.04. The lowest BCUT2D eigenvalue weighted by molar-refractivity contribution is -0.133. The Bertz CT molecular complexity index is 1030. The fraction of sp³-hybridized carbons (Fsp3) is 0.417. The predicted octanol–water partition coefficient (Wildman–Crippen LogP) is 3.24. The van der Waals surface area contributed by atoms with Gasteiger partial charge in [0, 0.05) is 45.3 Å². The van der Waals surface area contributed by atoms with Crippen molar-refractivity contribution in [2.75, 3.05) is 33.3 Å². The topological polar surface area (TPSA) is 50.1 Å². The molecule has 2 aromatic heterocycles. The number of pyridine rings is 1. The van der Waals surface area contributed by atoms with Crippen molar-refractivity contribution in [1.82, 2.24) is 19.2 Å². The van der Waals surface area contributed by atoms with E-state index in [0.717, 1.165) is 55.4 Å². The summed E-state index contributed by atoms with van der Waals surface area (Å²) in [6.07, 6.45) is 3.34. The minimum atomic E-state index is 0.224. The lowest BCUT2D eigenvalue weighted by atomic mass is 10.1. The molecule has 6 heteroatoms. The van der Waals surface area contributed by atoms with Crippen LogP contribution in [0.5, 0.6) is 5.75 Å². The van der Waals surface area contributed by atoms with Crippen molar-refractivity contribution in [2.45, 2.75) is 33.2 Å². The van der Waals surface area contributed by atoms with Crippen LogP contribution in [0.25, 0.3) is 5.65 Å². The van der Waals surface area contributed by atoms with E-state index in [2.05, 4.69) is 41.5 Å². The number of hydrogen-bond acceptors (Lipinski definition) is 4. The zero-order valence-electron chi connectivity index (χ0n) is 18.1. The summed E-state index contributed by atoms with van der Waals surface area (Å²) >= 11 is 0. The molecule has 1 aliphatic rings. The van der Waals surface area contributed by atoms with E-state index >= 15 is 0 Å². The zero-order valence-corrected chi connectivity index (χ0v) is 18.1. The lowest BCUT2D eigenvalue weighted by Gasteiger charge is -2.34. The fourth-order valence-corrected chi connectivity index (χ4v) is 4.18. The van der Waals surface area contributed by atoms with E-state index in [-0.39, 0.29) is 5.91 Å². The third-order valence-electron chi connectivity index (χ3n) is 5.98. The Labute approximate surface area is 178 Å². The van der Waals surface area contributed by atoms with E-state index in [1.54, 1.807) is 7.11 Å². The summed E-state index contributed by atoms with van der Waals surface area (Å²) in [4.78, 5) is 21.8. The molecule has 0 N–H and O–H groups in total. The number of fused-ring (bicyclic) bond motifs is 1. The molecule has 4 rings (SSSR count). The molecule has 1 fully saturated rings. The number of methoxy groups -OCH3 is 1. The number of para-hydroxylation sites is 1. The Kier molecular flexibility index (Phi) is 6.04. The van der Waals surface area contributed by atoms with Crippen molar-refractivity contribution < 1.29 is 9.53 Å². The average molecular weight is 407 g/mol. The Morgan fingerprint density at radius 3 is 2.63 bits per heavy atom. The molecular formula is C24H30N4O2. The predicted molar refractivity (Wildman–Crippen MR) is 118 cm³/mol. The molecule has 3 heterocycles. The number of carbonyl (C=O) groups is 1. The highest BCUT2D eigenvalue weighted by molar-refractivity contribution is 5.76. The molecule has 1 amide bonds. The van der Waals surface area contributed by atoms with Crippen LogP contribution in [-0.2, 0) is 17.8 Å². The molecule has 6 nitrogen and oxygen atoms in total. The molecule has 3 aromatic rings. The molecule has 1 aromatic carbocycles. The average Bonchev–Trinajstić information content (AvgIpc) is 3.06. The number of rotatable bonds is 6. The van der Waals surface area contributed by atoms with E-state index in [1.165, 1.54) is 11.3 Å². The maximum atomic E-state index is 12.7. The second kappa shape index (κ2) is 8.88. The van der Waals surface area contributed by atoms with E-state index in [1.807, 2.05) is 29.2 Å². The molecule has 0 unspecified atom stereocenters. The van der Waals surface area contributed by atoms with Crippen molar-refractivity contribution >= 4 is 11.6 Å². The summed E-state index contributed by atoms with van der Waals surface area (Å²) in [5.41, 5.74) is 5.63. The molecule has 1 aliphatic heterocycles. The van der Waals surface area contributed by atoms with Crippen molar-refractivity contribution in [2.24, 2.45) is 0 Å². The Hall–Kier alpha value is -2.86. The van der Waals surface area contributed by atoms with Gasteiger partial charge in [-0.15, -0.1) is 0 Å². The number of ether oxygens (including phenoxy) is 1. The van der Waals surface area contributed by atoms with Crippen LogP contribution in [0.15, 0.2) is 42.6 Å². The summed E-state index contributed by atoms with van der Waals surface area (Å²) < 4.78 is 7.58. The van der Waals surface area contributed by atoms with Gasteiger partial charge in [-0.25, -0.2) is 4.98 Å². The molecule has 158 valence electrons. The standard InChI is InChI=1S/C24H30N4O2/c1-18-10-11-28-21(19(2)25-23(28)16-18)17-26-12-14-27(15-13-26)24(29)9-8-20-6-4-5-7-22(20)30-3/h4-7,10-11,16H,8-9,12-15,17H2,1-3H3. The van der Waals surface area contributed by atoms with Crippen LogP contribution in [0, 0.1) is 13.8 Å². The van der Waals surface area contributed by atoms with Crippen LogP contribution in [0.3, 0.4) is 0 Å². The lowest BCUT2D eigenvalue weighted by Crippen LogP contribution is -2.48. The van der Waals surface area contributed by atoms with Crippen LogP contribution in [0.1, 0.15) is 28.9 Å². The number of carbonyl (C=O) groups excluding carboxylic acids is 1. The van der Waals surface area contributed by atoms with E-state index in [0.29, 0.717) is 12.8 Å². The molecule has 0 aliphatic carbocycles. The number of amides is 1. The summed E-state index contributed by atoms with van der Waals surface area (Å²) in [5.74, 6) is 1.08. The van der Waals surface area contributed by atoms with Crippen LogP contribution < -0.4 is 4.74 Å². The Balaban J connectivity index is 1.32. The minimum absolute atomic E-state index is 0.224. The van der Waals surface area contributed by atoms with Gasteiger partial charge in [0.1, 0.15) is 11.4 Å². The molecule has 0 atom stereocenters. The highest BCUT2D eigenvalue weighted by Gasteiger charge is 2.22. The van der Waals surface area contributed by atoms with Gasteiger partial charge in [0.05, 0.1) is 18.5 Å². The van der Waals surface area contributed by atoms with Gasteiger partial charge in [0.15, 0.2) is 0 Å². The first kappa shape index (κ1) is 20.4. The highest BCUT2D eigenvalue weighted by atomic mass is 16.5. The molecular weight excluding hydrogens is 376 g/mol. The van der Waals surface area contributed by atoms with Crippen LogP contribution in [0.2, 0.25) is 0 Å². The third-order valence-corrected chi connectivity index (χ3v) is 5.98.